The van der Waals surface area contributed by atoms with Crippen LogP contribution in [0.2, 0.25) is 0 Å². The second kappa shape index (κ2) is 8.59. The molecule has 2 amide bonds. The molecule has 0 fully saturated rings. The molecule has 8 heteroatoms. The van der Waals surface area contributed by atoms with Crippen molar-refractivity contribution in [2.24, 2.45) is 0 Å². The Bertz CT molecular complexity index is 1060. The number of carbonyl (C=O) groups excluding carboxylic acids is 2. The SMILES string of the molecule is Cc1cc(C)c(NC(=O)CCS(=O)(=O)c2ccc3c(c2)NC(=O)CCS3)c(C)c1. The summed E-state index contributed by atoms with van der Waals surface area (Å²) in [7, 11) is -3.66. The van der Waals surface area contributed by atoms with Crippen LogP contribution in [-0.4, -0.2) is 31.7 Å². The molecular formula is C21H24N2O4S2. The highest BCUT2D eigenvalue weighted by Gasteiger charge is 2.21. The van der Waals surface area contributed by atoms with E-state index in [0.29, 0.717) is 17.9 Å². The molecule has 0 aromatic heterocycles. The molecule has 0 saturated heterocycles. The van der Waals surface area contributed by atoms with Gasteiger partial charge in [0.1, 0.15) is 0 Å². The summed E-state index contributed by atoms with van der Waals surface area (Å²) in [6, 6.07) is 8.66. The van der Waals surface area contributed by atoms with Gasteiger partial charge in [-0.15, -0.1) is 11.8 Å². The van der Waals surface area contributed by atoms with E-state index in [2.05, 4.69) is 10.6 Å². The van der Waals surface area contributed by atoms with E-state index in [0.717, 1.165) is 27.3 Å². The number of hydrogen-bond donors (Lipinski definition) is 2. The zero-order valence-corrected chi connectivity index (χ0v) is 18.3. The molecule has 0 aliphatic carbocycles. The van der Waals surface area contributed by atoms with Crippen LogP contribution >= 0.6 is 11.8 Å². The van der Waals surface area contributed by atoms with Crippen molar-refractivity contribution in [1.29, 1.82) is 0 Å². The fraction of sp³-hybridized carbons (Fsp3) is 0.333. The highest BCUT2D eigenvalue weighted by molar-refractivity contribution is 7.99. The molecule has 2 N–H and O–H groups in total. The number of carbonyl (C=O) groups is 2. The van der Waals surface area contributed by atoms with Gasteiger partial charge in [-0.05, 0) is 50.1 Å². The lowest BCUT2D eigenvalue weighted by Gasteiger charge is -2.13. The van der Waals surface area contributed by atoms with Gasteiger partial charge < -0.3 is 10.6 Å². The Labute approximate surface area is 175 Å². The molecule has 0 atom stereocenters. The molecule has 1 aliphatic heterocycles. The average molecular weight is 433 g/mol. The number of hydrogen-bond acceptors (Lipinski definition) is 5. The third kappa shape index (κ3) is 5.19. The first kappa shape index (κ1) is 21.4. The topological polar surface area (TPSA) is 92.3 Å². The molecule has 2 aromatic rings. The van der Waals surface area contributed by atoms with Crippen LogP contribution < -0.4 is 10.6 Å². The molecule has 6 nitrogen and oxygen atoms in total. The molecule has 2 aromatic carbocycles. The van der Waals surface area contributed by atoms with E-state index in [-0.39, 0.29) is 28.9 Å². The molecule has 0 radical (unpaired) electrons. The normalized spacial score (nSPS) is 14.0. The zero-order valence-electron chi connectivity index (χ0n) is 16.7. The fourth-order valence-corrected chi connectivity index (χ4v) is 5.52. The second-order valence-corrected chi connectivity index (χ2v) is 10.4. The summed E-state index contributed by atoms with van der Waals surface area (Å²) in [4.78, 5) is 25.1. The van der Waals surface area contributed by atoms with Gasteiger partial charge in [-0.2, -0.15) is 0 Å². The molecule has 0 bridgehead atoms. The summed E-state index contributed by atoms with van der Waals surface area (Å²) in [6.45, 7) is 5.81. The van der Waals surface area contributed by atoms with Gasteiger partial charge in [0.05, 0.1) is 16.3 Å². The third-order valence-corrected chi connectivity index (χ3v) is 7.50. The highest BCUT2D eigenvalue weighted by Crippen LogP contribution is 2.33. The monoisotopic (exact) mass is 432 g/mol. The molecule has 3 rings (SSSR count). The van der Waals surface area contributed by atoms with Crippen LogP contribution in [0.25, 0.3) is 0 Å². The van der Waals surface area contributed by atoms with Crippen LogP contribution in [0, 0.1) is 20.8 Å². The Morgan fingerprint density at radius 2 is 1.83 bits per heavy atom. The van der Waals surface area contributed by atoms with Gasteiger partial charge in [-0.1, -0.05) is 17.7 Å². The zero-order chi connectivity index (χ0) is 21.2. The van der Waals surface area contributed by atoms with Crippen molar-refractivity contribution in [1.82, 2.24) is 0 Å². The van der Waals surface area contributed by atoms with Gasteiger partial charge in [0.25, 0.3) is 0 Å². The van der Waals surface area contributed by atoms with Gasteiger partial charge in [0.15, 0.2) is 9.84 Å². The molecule has 29 heavy (non-hydrogen) atoms. The lowest BCUT2D eigenvalue weighted by molar-refractivity contribution is -0.116. The van der Waals surface area contributed by atoms with Crippen molar-refractivity contribution in [2.75, 3.05) is 22.1 Å². The predicted octanol–water partition coefficient (Wildman–Crippen LogP) is 3.85. The van der Waals surface area contributed by atoms with Gasteiger partial charge >= 0.3 is 0 Å². The summed E-state index contributed by atoms with van der Waals surface area (Å²) in [5.41, 5.74) is 4.22. The van der Waals surface area contributed by atoms with Crippen molar-refractivity contribution >= 4 is 44.8 Å². The van der Waals surface area contributed by atoms with Crippen LogP contribution in [-0.2, 0) is 19.4 Å². The van der Waals surface area contributed by atoms with E-state index in [1.165, 1.54) is 23.9 Å². The van der Waals surface area contributed by atoms with Crippen LogP contribution in [0.1, 0.15) is 29.5 Å². The van der Waals surface area contributed by atoms with Crippen molar-refractivity contribution in [3.63, 3.8) is 0 Å². The summed E-state index contributed by atoms with van der Waals surface area (Å²) >= 11 is 1.51. The Kier molecular flexibility index (Phi) is 6.33. The number of amides is 2. The van der Waals surface area contributed by atoms with Gasteiger partial charge in [-0.25, -0.2) is 8.42 Å². The lowest BCUT2D eigenvalue weighted by Crippen LogP contribution is -2.19. The number of fused-ring (bicyclic) bond motifs is 1. The van der Waals surface area contributed by atoms with Crippen molar-refractivity contribution in [3.8, 4) is 0 Å². The quantitative estimate of drug-likeness (QED) is 0.749. The van der Waals surface area contributed by atoms with Gasteiger partial charge in [-0.3, -0.25) is 9.59 Å². The van der Waals surface area contributed by atoms with Crippen LogP contribution in [0.4, 0.5) is 11.4 Å². The first-order valence-corrected chi connectivity index (χ1v) is 12.0. The molecule has 0 unspecified atom stereocenters. The third-order valence-electron chi connectivity index (χ3n) is 4.71. The molecular weight excluding hydrogens is 408 g/mol. The summed E-state index contributed by atoms with van der Waals surface area (Å²) in [6.07, 6.45) is 0.243. The number of benzene rings is 2. The summed E-state index contributed by atoms with van der Waals surface area (Å²) in [5.74, 6) is -0.123. The second-order valence-electron chi connectivity index (χ2n) is 7.20. The fourth-order valence-electron chi connectivity index (χ4n) is 3.32. The van der Waals surface area contributed by atoms with Crippen molar-refractivity contribution in [3.05, 3.63) is 47.0 Å². The highest BCUT2D eigenvalue weighted by atomic mass is 32.2. The van der Waals surface area contributed by atoms with E-state index in [1.807, 2.05) is 32.9 Å². The van der Waals surface area contributed by atoms with E-state index >= 15 is 0 Å². The van der Waals surface area contributed by atoms with Crippen LogP contribution in [0.15, 0.2) is 40.1 Å². The minimum Gasteiger partial charge on any atom is -0.326 e. The standard InChI is InChI=1S/C21H24N2O4S2/c1-13-10-14(2)21(15(3)11-13)23-20(25)7-9-29(26,27)16-4-5-18-17(12-16)22-19(24)6-8-28-18/h4-5,10-12H,6-9H2,1-3H3,(H,22,24)(H,23,25). The van der Waals surface area contributed by atoms with E-state index in [9.17, 15) is 18.0 Å². The van der Waals surface area contributed by atoms with Gasteiger partial charge in [0.2, 0.25) is 11.8 Å². The van der Waals surface area contributed by atoms with Crippen LogP contribution in [0.3, 0.4) is 0 Å². The summed E-state index contributed by atoms with van der Waals surface area (Å²) in [5, 5.41) is 5.58. The Hall–Kier alpha value is -2.32. The first-order chi connectivity index (χ1) is 13.7. The molecule has 0 saturated carbocycles. The summed E-state index contributed by atoms with van der Waals surface area (Å²) < 4.78 is 25.4. The Balaban J connectivity index is 1.70. The Morgan fingerprint density at radius 3 is 2.52 bits per heavy atom. The molecule has 1 aliphatic rings. The first-order valence-electron chi connectivity index (χ1n) is 9.33. The maximum absolute atomic E-state index is 12.7. The number of thioether (sulfide) groups is 1. The number of sulfone groups is 1. The average Bonchev–Trinajstić information content (AvgIpc) is 2.83. The maximum atomic E-state index is 12.7. The van der Waals surface area contributed by atoms with Gasteiger partial charge in [0, 0.05) is 29.2 Å². The predicted molar refractivity (Wildman–Crippen MR) is 116 cm³/mol. The number of rotatable bonds is 5. The van der Waals surface area contributed by atoms with Crippen LogP contribution in [0.5, 0.6) is 0 Å². The maximum Gasteiger partial charge on any atom is 0.225 e. The number of nitrogens with one attached hydrogen (secondary N) is 2. The van der Waals surface area contributed by atoms with E-state index < -0.39 is 9.84 Å². The Morgan fingerprint density at radius 1 is 1.14 bits per heavy atom. The van der Waals surface area contributed by atoms with Crippen molar-refractivity contribution < 1.29 is 18.0 Å². The minimum atomic E-state index is -3.66. The molecule has 1 heterocycles. The van der Waals surface area contributed by atoms with E-state index in [4.69, 9.17) is 0 Å². The largest absolute Gasteiger partial charge is 0.326 e. The van der Waals surface area contributed by atoms with Crippen molar-refractivity contribution in [2.45, 2.75) is 43.4 Å². The smallest absolute Gasteiger partial charge is 0.225 e. The number of anilines is 2. The molecule has 0 spiro atoms. The van der Waals surface area contributed by atoms with E-state index in [1.54, 1.807) is 6.07 Å². The lowest BCUT2D eigenvalue weighted by atomic mass is 10.1. The minimum absolute atomic E-state index is 0.106. The number of aryl methyl sites for hydroxylation is 3. The molecule has 154 valence electrons.